The van der Waals surface area contributed by atoms with Crippen LogP contribution in [0.4, 0.5) is 0 Å². The molecule has 4 rings (SSSR count). The first-order valence-corrected chi connectivity index (χ1v) is 12.5. The fourth-order valence-electron chi connectivity index (χ4n) is 5.75. The lowest BCUT2D eigenvalue weighted by atomic mass is 9.79. The van der Waals surface area contributed by atoms with Crippen LogP contribution in [-0.2, 0) is 14.4 Å². The summed E-state index contributed by atoms with van der Waals surface area (Å²) in [6.45, 7) is 10.1. The predicted molar refractivity (Wildman–Crippen MR) is 129 cm³/mol. The number of nitrogens with one attached hydrogen (secondary N) is 2. The number of aliphatic hydroxyl groups excluding tert-OH is 1. The zero-order valence-electron chi connectivity index (χ0n) is 21.2. The Labute approximate surface area is 206 Å². The Kier molecular flexibility index (Phi) is 6.74. The molecule has 1 unspecified atom stereocenters. The van der Waals surface area contributed by atoms with Gasteiger partial charge in [0.05, 0.1) is 19.1 Å². The van der Waals surface area contributed by atoms with Crippen LogP contribution in [0.5, 0.6) is 11.5 Å². The van der Waals surface area contributed by atoms with Crippen molar-refractivity contribution in [1.29, 1.82) is 0 Å². The quantitative estimate of drug-likeness (QED) is 0.434. The first-order chi connectivity index (χ1) is 16.5. The minimum atomic E-state index is -0.785. The van der Waals surface area contributed by atoms with Gasteiger partial charge in [-0.2, -0.15) is 0 Å². The summed E-state index contributed by atoms with van der Waals surface area (Å²) in [4.78, 5) is 39.2. The predicted octanol–water partition coefficient (Wildman–Crippen LogP) is 1.71. The highest BCUT2D eigenvalue weighted by Gasteiger charge is 2.45. The molecule has 0 aliphatic carbocycles. The van der Waals surface area contributed by atoms with Crippen LogP contribution in [-0.4, -0.2) is 69.7 Å². The summed E-state index contributed by atoms with van der Waals surface area (Å²) in [6, 6.07) is -1.66. The van der Waals surface area contributed by atoms with Crippen LogP contribution in [0, 0.1) is 20.8 Å². The van der Waals surface area contributed by atoms with Crippen molar-refractivity contribution >= 4 is 17.7 Å². The van der Waals surface area contributed by atoms with Crippen molar-refractivity contribution in [2.45, 2.75) is 96.4 Å². The van der Waals surface area contributed by atoms with E-state index >= 15 is 0 Å². The number of ether oxygens (including phenoxy) is 1. The Morgan fingerprint density at radius 1 is 1.23 bits per heavy atom. The molecule has 3 amide bonds. The summed E-state index contributed by atoms with van der Waals surface area (Å²) < 4.78 is 6.36. The number of β-lactam (4-membered cyclic amide) rings is 1. The number of carbonyl (C=O) groups excluding carboxylic acids is 3. The van der Waals surface area contributed by atoms with E-state index in [-0.39, 0.29) is 48.5 Å². The van der Waals surface area contributed by atoms with E-state index in [1.165, 1.54) is 0 Å². The summed E-state index contributed by atoms with van der Waals surface area (Å²) in [5.74, 6) is 0.192. The Balaban J connectivity index is 1.58. The maximum Gasteiger partial charge on any atom is 0.245 e. The Hall–Kier alpha value is -2.81. The summed E-state index contributed by atoms with van der Waals surface area (Å²) in [5, 5.41) is 25.9. The molecule has 1 aromatic carbocycles. The van der Waals surface area contributed by atoms with E-state index in [2.05, 4.69) is 10.6 Å². The van der Waals surface area contributed by atoms with Crippen molar-refractivity contribution in [3.8, 4) is 11.5 Å². The average Bonchev–Trinajstić information content (AvgIpc) is 3.38. The first-order valence-electron chi connectivity index (χ1n) is 12.5. The number of phenols is 1. The molecular weight excluding hydrogens is 450 g/mol. The molecule has 0 radical (unpaired) electrons. The lowest BCUT2D eigenvalue weighted by Crippen LogP contribution is -2.60. The largest absolute Gasteiger partial charge is 0.507 e. The number of hydrogen-bond acceptors (Lipinski definition) is 6. The van der Waals surface area contributed by atoms with Gasteiger partial charge in [0, 0.05) is 18.0 Å². The molecular formula is C26H37N3O6. The van der Waals surface area contributed by atoms with E-state index in [4.69, 9.17) is 4.74 Å². The number of rotatable bonds is 7. The molecule has 1 aromatic rings. The van der Waals surface area contributed by atoms with Crippen LogP contribution in [0.3, 0.4) is 0 Å². The Bertz CT molecular complexity index is 1040. The van der Waals surface area contributed by atoms with Crippen LogP contribution in [0.15, 0.2) is 0 Å². The Morgan fingerprint density at radius 2 is 1.91 bits per heavy atom. The molecule has 192 valence electrons. The zero-order chi connectivity index (χ0) is 25.7. The third kappa shape index (κ3) is 4.46. The summed E-state index contributed by atoms with van der Waals surface area (Å²) in [7, 11) is 0. The van der Waals surface area contributed by atoms with Crippen LogP contribution in [0.25, 0.3) is 0 Å². The molecule has 0 saturated carbocycles. The number of carbonyl (C=O) groups is 3. The second-order valence-corrected chi connectivity index (χ2v) is 10.7. The van der Waals surface area contributed by atoms with E-state index in [1.54, 1.807) is 4.90 Å². The monoisotopic (exact) mass is 487 g/mol. The molecule has 2 saturated heterocycles. The van der Waals surface area contributed by atoms with Crippen molar-refractivity contribution < 1.29 is 29.3 Å². The highest BCUT2D eigenvalue weighted by atomic mass is 16.5. The number of likely N-dealkylation sites (tertiary alicyclic amines) is 1. The molecule has 9 nitrogen and oxygen atoms in total. The molecule has 9 heteroatoms. The zero-order valence-corrected chi connectivity index (χ0v) is 21.2. The second kappa shape index (κ2) is 9.33. The minimum absolute atomic E-state index is 0.0921. The molecule has 0 aromatic heterocycles. The molecule has 3 aliphatic heterocycles. The number of benzene rings is 1. The fourth-order valence-corrected chi connectivity index (χ4v) is 5.75. The summed E-state index contributed by atoms with van der Waals surface area (Å²) in [6.07, 6.45) is 2.57. The lowest BCUT2D eigenvalue weighted by molar-refractivity contribution is -0.141. The van der Waals surface area contributed by atoms with E-state index in [0.717, 1.165) is 40.8 Å². The third-order valence-electron chi connectivity index (χ3n) is 8.09. The second-order valence-electron chi connectivity index (χ2n) is 10.7. The fraction of sp³-hybridized carbons (Fsp3) is 0.654. The number of fused-ring (bicyclic) bond motifs is 1. The first kappa shape index (κ1) is 25.3. The van der Waals surface area contributed by atoms with Gasteiger partial charge >= 0.3 is 0 Å². The lowest BCUT2D eigenvalue weighted by Gasteiger charge is -2.33. The highest BCUT2D eigenvalue weighted by Crippen LogP contribution is 2.53. The van der Waals surface area contributed by atoms with Gasteiger partial charge in [-0.1, -0.05) is 0 Å². The summed E-state index contributed by atoms with van der Waals surface area (Å²) in [5.41, 5.74) is 2.88. The molecule has 35 heavy (non-hydrogen) atoms. The molecule has 2 fully saturated rings. The van der Waals surface area contributed by atoms with Crippen LogP contribution < -0.4 is 15.4 Å². The van der Waals surface area contributed by atoms with Gasteiger partial charge in [-0.05, 0) is 77.0 Å². The van der Waals surface area contributed by atoms with Gasteiger partial charge in [0.2, 0.25) is 17.7 Å². The van der Waals surface area contributed by atoms with Gasteiger partial charge in [-0.25, -0.2) is 0 Å². The van der Waals surface area contributed by atoms with Gasteiger partial charge in [0.15, 0.2) is 0 Å². The normalized spacial score (nSPS) is 25.4. The maximum atomic E-state index is 13.5. The number of nitrogens with zero attached hydrogens (tertiary/aromatic N) is 1. The number of aliphatic hydroxyl groups is 1. The van der Waals surface area contributed by atoms with Gasteiger partial charge in [0.1, 0.15) is 29.2 Å². The van der Waals surface area contributed by atoms with E-state index in [9.17, 15) is 24.6 Å². The number of hydrogen-bond donors (Lipinski definition) is 4. The minimum Gasteiger partial charge on any atom is -0.507 e. The van der Waals surface area contributed by atoms with Gasteiger partial charge in [-0.3, -0.25) is 14.4 Å². The number of amides is 3. The SMILES string of the molecule is Cc1c(C)c2c(c(C)c1O)C(CC[C@H](NC(=O)[C@@H]1CC(=O)N1)C(=O)N1CCC[C@H]1CO)C(C)(C)O2. The van der Waals surface area contributed by atoms with E-state index < -0.39 is 17.7 Å². The Morgan fingerprint density at radius 3 is 2.54 bits per heavy atom. The topological polar surface area (TPSA) is 128 Å². The third-order valence-corrected chi connectivity index (χ3v) is 8.09. The van der Waals surface area contributed by atoms with Crippen molar-refractivity contribution in [2.75, 3.05) is 13.2 Å². The molecule has 4 N–H and O–H groups in total. The molecule has 3 aliphatic rings. The van der Waals surface area contributed by atoms with E-state index in [0.29, 0.717) is 19.4 Å². The van der Waals surface area contributed by atoms with Crippen molar-refractivity contribution in [2.24, 2.45) is 0 Å². The number of aromatic hydroxyl groups is 1. The highest BCUT2D eigenvalue weighted by molar-refractivity contribution is 5.99. The molecule has 3 heterocycles. The van der Waals surface area contributed by atoms with Gasteiger partial charge < -0.3 is 30.5 Å². The van der Waals surface area contributed by atoms with Gasteiger partial charge in [-0.15, -0.1) is 0 Å². The van der Waals surface area contributed by atoms with Crippen LogP contribution in [0.1, 0.15) is 74.1 Å². The van der Waals surface area contributed by atoms with Crippen LogP contribution >= 0.6 is 0 Å². The molecule has 4 atom stereocenters. The van der Waals surface area contributed by atoms with Gasteiger partial charge in [0.25, 0.3) is 0 Å². The van der Waals surface area contributed by atoms with Crippen molar-refractivity contribution in [3.05, 3.63) is 22.3 Å². The molecule has 0 spiro atoms. The average molecular weight is 488 g/mol. The standard InChI is InChI=1S/C26H37N3O6/c1-13-14(2)23-21(15(3)22(13)32)17(26(4,5)35-23)8-9-18(28-24(33)19-11-20(31)27-19)25(34)29-10-6-7-16(29)12-30/h16-19,30,32H,6-12H2,1-5H3,(H,27,31)(H,28,33)/t16-,17?,18-,19-/m0/s1. The number of phenolic OH excluding ortho intramolecular Hbond substituents is 1. The summed E-state index contributed by atoms with van der Waals surface area (Å²) >= 11 is 0. The smallest absolute Gasteiger partial charge is 0.245 e. The van der Waals surface area contributed by atoms with E-state index in [1.807, 2.05) is 34.6 Å². The maximum absolute atomic E-state index is 13.5. The van der Waals surface area contributed by atoms with Crippen LogP contribution in [0.2, 0.25) is 0 Å². The molecule has 0 bridgehead atoms. The van der Waals surface area contributed by atoms with Crippen molar-refractivity contribution in [1.82, 2.24) is 15.5 Å². The van der Waals surface area contributed by atoms with Crippen molar-refractivity contribution in [3.63, 3.8) is 0 Å².